The van der Waals surface area contributed by atoms with E-state index in [-0.39, 0.29) is 17.2 Å². The maximum Gasteiger partial charge on any atom is 0.233 e. The maximum absolute atomic E-state index is 12.2. The molecule has 1 aliphatic heterocycles. The molecule has 1 aromatic carbocycles. The molecule has 1 aromatic heterocycles. The van der Waals surface area contributed by atoms with Gasteiger partial charge in [-0.3, -0.25) is 14.6 Å². The first-order valence-corrected chi connectivity index (χ1v) is 8.86. The minimum atomic E-state index is -0.0914. The Labute approximate surface area is 145 Å². The molecule has 0 saturated carbocycles. The lowest BCUT2D eigenvalue weighted by molar-refractivity contribution is -0.128. The number of hydrogen-bond acceptors (Lipinski definition) is 4. The highest BCUT2D eigenvalue weighted by Crippen LogP contribution is 2.38. The molecule has 0 radical (unpaired) electrons. The monoisotopic (exact) mass is 341 g/mol. The molecular weight excluding hydrogens is 322 g/mol. The number of nitrogens with zero attached hydrogens (tertiary/aromatic N) is 2. The summed E-state index contributed by atoms with van der Waals surface area (Å²) in [6.07, 6.45) is 4.38. The van der Waals surface area contributed by atoms with Gasteiger partial charge in [-0.2, -0.15) is 0 Å². The molecule has 2 aromatic rings. The van der Waals surface area contributed by atoms with Crippen molar-refractivity contribution in [3.05, 3.63) is 59.9 Å². The van der Waals surface area contributed by atoms with Crippen molar-refractivity contribution in [2.24, 2.45) is 0 Å². The van der Waals surface area contributed by atoms with Gasteiger partial charge < -0.3 is 10.2 Å². The van der Waals surface area contributed by atoms with E-state index in [0.717, 1.165) is 23.2 Å². The van der Waals surface area contributed by atoms with Crippen LogP contribution in [0.2, 0.25) is 0 Å². The second-order valence-corrected chi connectivity index (χ2v) is 6.73. The van der Waals surface area contributed by atoms with E-state index >= 15 is 0 Å². The third kappa shape index (κ3) is 3.94. The fourth-order valence-corrected chi connectivity index (χ4v) is 3.92. The van der Waals surface area contributed by atoms with Crippen molar-refractivity contribution in [2.45, 2.75) is 18.7 Å². The van der Waals surface area contributed by atoms with Crippen molar-refractivity contribution in [1.82, 2.24) is 9.88 Å². The van der Waals surface area contributed by atoms with Crippen molar-refractivity contribution in [1.29, 1.82) is 0 Å². The average Bonchev–Trinajstić information content (AvgIpc) is 2.95. The van der Waals surface area contributed by atoms with E-state index in [1.54, 1.807) is 18.0 Å². The Morgan fingerprint density at radius 1 is 1.33 bits per heavy atom. The topological polar surface area (TPSA) is 62.3 Å². The summed E-state index contributed by atoms with van der Waals surface area (Å²) in [5.41, 5.74) is 2.97. The molecule has 3 rings (SSSR count). The molecule has 1 aliphatic rings. The molecule has 6 heteroatoms. The molecular formula is C18H19N3O2S. The van der Waals surface area contributed by atoms with Crippen molar-refractivity contribution in [2.75, 3.05) is 17.6 Å². The summed E-state index contributed by atoms with van der Waals surface area (Å²) in [7, 11) is 0. The molecule has 1 saturated heterocycles. The Bertz CT molecular complexity index is 719. The molecule has 0 bridgehead atoms. The number of benzene rings is 1. The van der Waals surface area contributed by atoms with E-state index in [2.05, 4.69) is 10.3 Å². The van der Waals surface area contributed by atoms with Gasteiger partial charge in [0.25, 0.3) is 0 Å². The van der Waals surface area contributed by atoms with Crippen LogP contribution in [0.25, 0.3) is 0 Å². The third-order valence-corrected chi connectivity index (χ3v) is 5.10. The molecule has 5 nitrogen and oxygen atoms in total. The molecule has 2 heterocycles. The minimum absolute atomic E-state index is 0.0283. The number of carbonyl (C=O) groups is 2. The number of hydrogen-bond donors (Lipinski definition) is 1. The lowest BCUT2D eigenvalue weighted by Crippen LogP contribution is -2.30. The smallest absolute Gasteiger partial charge is 0.233 e. The first-order chi connectivity index (χ1) is 11.6. The minimum Gasteiger partial charge on any atom is -0.326 e. The summed E-state index contributed by atoms with van der Waals surface area (Å²) in [6.45, 7) is 2.16. The van der Waals surface area contributed by atoms with Crippen LogP contribution in [0.15, 0.2) is 48.8 Å². The fourth-order valence-electron chi connectivity index (χ4n) is 2.70. The number of thioether (sulfide) groups is 1. The van der Waals surface area contributed by atoms with Gasteiger partial charge in [0.1, 0.15) is 5.37 Å². The number of rotatable bonds is 5. The lowest BCUT2D eigenvalue weighted by atomic mass is 10.1. The van der Waals surface area contributed by atoms with E-state index in [9.17, 15) is 9.59 Å². The number of carbonyl (C=O) groups excluding carboxylic acids is 2. The van der Waals surface area contributed by atoms with Crippen molar-refractivity contribution < 1.29 is 9.59 Å². The maximum atomic E-state index is 12.2. The van der Waals surface area contributed by atoms with Gasteiger partial charge in [0.05, 0.1) is 5.75 Å². The zero-order chi connectivity index (χ0) is 16.9. The highest BCUT2D eigenvalue weighted by atomic mass is 32.2. The van der Waals surface area contributed by atoms with Gasteiger partial charge in [-0.25, -0.2) is 0 Å². The van der Waals surface area contributed by atoms with Crippen molar-refractivity contribution in [3.63, 3.8) is 0 Å². The molecule has 1 atom stereocenters. The fraction of sp³-hybridized carbons (Fsp3) is 0.278. The first-order valence-electron chi connectivity index (χ1n) is 7.81. The predicted molar refractivity (Wildman–Crippen MR) is 95.6 cm³/mol. The predicted octanol–water partition coefficient (Wildman–Crippen LogP) is 2.86. The van der Waals surface area contributed by atoms with E-state index in [1.165, 1.54) is 6.92 Å². The molecule has 1 N–H and O–H groups in total. The summed E-state index contributed by atoms with van der Waals surface area (Å²) < 4.78 is 0. The van der Waals surface area contributed by atoms with Crippen LogP contribution in [0.1, 0.15) is 23.4 Å². The standard InChI is InChI=1S/C18H19N3O2S/c1-13(22)20-16-6-4-15(5-7-16)18-21(17(23)12-24-18)10-8-14-3-2-9-19-11-14/h2-7,9,11,18H,8,10,12H2,1H3,(H,20,22). The van der Waals surface area contributed by atoms with Gasteiger partial charge in [0.2, 0.25) is 11.8 Å². The van der Waals surface area contributed by atoms with Gasteiger partial charge in [0, 0.05) is 31.5 Å². The number of nitrogens with one attached hydrogen (secondary N) is 1. The summed E-state index contributed by atoms with van der Waals surface area (Å²) in [6, 6.07) is 11.6. The van der Waals surface area contributed by atoms with E-state index in [4.69, 9.17) is 0 Å². The second-order valence-electron chi connectivity index (χ2n) is 5.66. The Morgan fingerprint density at radius 3 is 2.79 bits per heavy atom. The number of anilines is 1. The molecule has 1 fully saturated rings. The van der Waals surface area contributed by atoms with E-state index < -0.39 is 0 Å². The van der Waals surface area contributed by atoms with Gasteiger partial charge in [-0.1, -0.05) is 18.2 Å². The molecule has 24 heavy (non-hydrogen) atoms. The number of aromatic nitrogens is 1. The summed E-state index contributed by atoms with van der Waals surface area (Å²) in [4.78, 5) is 29.4. The summed E-state index contributed by atoms with van der Waals surface area (Å²) in [5, 5.41) is 2.78. The quantitative estimate of drug-likeness (QED) is 0.908. The highest BCUT2D eigenvalue weighted by Gasteiger charge is 2.32. The van der Waals surface area contributed by atoms with Gasteiger partial charge in [0.15, 0.2) is 0 Å². The molecule has 1 unspecified atom stereocenters. The van der Waals surface area contributed by atoms with Crippen molar-refractivity contribution >= 4 is 29.3 Å². The lowest BCUT2D eigenvalue weighted by Gasteiger charge is -2.24. The van der Waals surface area contributed by atoms with Crippen LogP contribution in [0.4, 0.5) is 5.69 Å². The van der Waals surface area contributed by atoms with Gasteiger partial charge >= 0.3 is 0 Å². The molecule has 0 aliphatic carbocycles. The SMILES string of the molecule is CC(=O)Nc1ccc(C2SCC(=O)N2CCc2cccnc2)cc1. The number of amides is 2. The van der Waals surface area contributed by atoms with Crippen molar-refractivity contribution in [3.8, 4) is 0 Å². The van der Waals surface area contributed by atoms with Crippen LogP contribution in [0, 0.1) is 0 Å². The van der Waals surface area contributed by atoms with Crippen LogP contribution in [-0.4, -0.2) is 34.0 Å². The zero-order valence-corrected chi connectivity index (χ0v) is 14.3. The van der Waals surface area contributed by atoms with Gasteiger partial charge in [-0.15, -0.1) is 11.8 Å². The Morgan fingerprint density at radius 2 is 2.12 bits per heavy atom. The van der Waals surface area contributed by atoms with E-state index in [1.807, 2.05) is 47.5 Å². The molecule has 2 amide bonds. The first kappa shape index (κ1) is 16.5. The zero-order valence-electron chi connectivity index (χ0n) is 13.4. The van der Waals surface area contributed by atoms with Crippen LogP contribution in [-0.2, 0) is 16.0 Å². The number of pyridine rings is 1. The third-order valence-electron chi connectivity index (χ3n) is 3.85. The molecule has 124 valence electrons. The van der Waals surface area contributed by atoms with Crippen LogP contribution in [0.5, 0.6) is 0 Å². The normalized spacial score (nSPS) is 17.1. The largest absolute Gasteiger partial charge is 0.326 e. The summed E-state index contributed by atoms with van der Waals surface area (Å²) >= 11 is 1.64. The van der Waals surface area contributed by atoms with Crippen LogP contribution >= 0.6 is 11.8 Å². The Kier molecular flexibility index (Phi) is 5.15. The highest BCUT2D eigenvalue weighted by molar-refractivity contribution is 8.00. The van der Waals surface area contributed by atoms with Gasteiger partial charge in [-0.05, 0) is 35.7 Å². The Hall–Kier alpha value is -2.34. The van der Waals surface area contributed by atoms with Crippen LogP contribution in [0.3, 0.4) is 0 Å². The summed E-state index contributed by atoms with van der Waals surface area (Å²) in [5.74, 6) is 0.580. The second kappa shape index (κ2) is 7.49. The average molecular weight is 341 g/mol. The van der Waals surface area contributed by atoms with E-state index in [0.29, 0.717) is 12.3 Å². The Balaban J connectivity index is 1.69. The molecule has 0 spiro atoms. The van der Waals surface area contributed by atoms with Crippen LogP contribution < -0.4 is 5.32 Å².